The molecule has 0 bridgehead atoms. The van der Waals surface area contributed by atoms with Crippen molar-refractivity contribution in [3.8, 4) is 5.75 Å². The van der Waals surface area contributed by atoms with Gasteiger partial charge in [-0.25, -0.2) is 4.79 Å². The topological polar surface area (TPSA) is 93.7 Å². The minimum absolute atomic E-state index is 0.205. The average molecular weight is 441 g/mol. The fourth-order valence-corrected chi connectivity index (χ4v) is 3.03. The van der Waals surface area contributed by atoms with Crippen LogP contribution in [0.1, 0.15) is 43.1 Å². The van der Waals surface area contributed by atoms with Crippen molar-refractivity contribution in [2.45, 2.75) is 39.7 Å². The van der Waals surface area contributed by atoms with Gasteiger partial charge < -0.3 is 20.1 Å². The molecule has 7 heteroatoms. The van der Waals surface area contributed by atoms with Crippen LogP contribution >= 0.6 is 0 Å². The summed E-state index contributed by atoms with van der Waals surface area (Å²) in [6, 6.07) is 15.8. The zero-order chi connectivity index (χ0) is 23.3. The molecule has 7 nitrogen and oxygen atoms in total. The summed E-state index contributed by atoms with van der Waals surface area (Å²) in [5.41, 5.74) is 1.61. The van der Waals surface area contributed by atoms with Crippen LogP contribution in [0, 0.1) is 5.92 Å². The Morgan fingerprint density at radius 1 is 0.969 bits per heavy atom. The van der Waals surface area contributed by atoms with E-state index in [9.17, 15) is 14.4 Å². The number of hydrogen-bond acceptors (Lipinski definition) is 5. The standard InChI is InChI=1S/C25H32N2O5/c1-4-31-21-14-12-20(13-15-21)24(29)27-23(18(2)3)25(30)32-17-22(28)26-16-8-11-19-9-6-5-7-10-19/h5-7,9-10,12-15,18,23H,4,8,11,16-17H2,1-3H3,(H,26,28)(H,27,29). The van der Waals surface area contributed by atoms with Gasteiger partial charge in [-0.05, 0) is 55.5 Å². The number of nitrogens with one attached hydrogen (secondary N) is 2. The minimum Gasteiger partial charge on any atom is -0.494 e. The van der Waals surface area contributed by atoms with Crippen LogP contribution in [0.5, 0.6) is 5.75 Å². The van der Waals surface area contributed by atoms with Gasteiger partial charge in [-0.15, -0.1) is 0 Å². The molecule has 2 rings (SSSR count). The molecule has 0 saturated heterocycles. The molecule has 1 unspecified atom stereocenters. The summed E-state index contributed by atoms with van der Waals surface area (Å²) in [7, 11) is 0. The Hall–Kier alpha value is -3.35. The fourth-order valence-electron chi connectivity index (χ4n) is 3.03. The Labute approximate surface area is 189 Å². The van der Waals surface area contributed by atoms with E-state index >= 15 is 0 Å². The maximum atomic E-state index is 12.5. The summed E-state index contributed by atoms with van der Waals surface area (Å²) >= 11 is 0. The second kappa shape index (κ2) is 13.1. The van der Waals surface area contributed by atoms with Crippen LogP contribution in [0.3, 0.4) is 0 Å². The van der Waals surface area contributed by atoms with E-state index in [1.807, 2.05) is 37.3 Å². The largest absolute Gasteiger partial charge is 0.494 e. The first kappa shape index (κ1) is 24.9. The normalized spacial score (nSPS) is 11.5. The Kier molecular flexibility index (Phi) is 10.2. The Morgan fingerprint density at radius 3 is 2.28 bits per heavy atom. The number of benzene rings is 2. The zero-order valence-corrected chi connectivity index (χ0v) is 18.9. The molecular weight excluding hydrogens is 408 g/mol. The van der Waals surface area contributed by atoms with Gasteiger partial charge in [0.15, 0.2) is 6.61 Å². The van der Waals surface area contributed by atoms with Crippen molar-refractivity contribution in [1.82, 2.24) is 10.6 Å². The average Bonchev–Trinajstić information content (AvgIpc) is 2.79. The summed E-state index contributed by atoms with van der Waals surface area (Å²) in [4.78, 5) is 37.0. The van der Waals surface area contributed by atoms with Gasteiger partial charge in [0.1, 0.15) is 11.8 Å². The number of esters is 1. The summed E-state index contributed by atoms with van der Waals surface area (Å²) in [6.07, 6.45) is 1.64. The first-order chi connectivity index (χ1) is 15.4. The molecule has 172 valence electrons. The molecule has 0 aliphatic carbocycles. The number of ether oxygens (including phenoxy) is 2. The molecule has 0 fully saturated rings. The predicted octanol–water partition coefficient (Wildman–Crippen LogP) is 3.13. The monoisotopic (exact) mass is 440 g/mol. The highest BCUT2D eigenvalue weighted by Gasteiger charge is 2.26. The van der Waals surface area contributed by atoms with Crippen LogP contribution in [-0.2, 0) is 20.7 Å². The molecule has 2 aromatic carbocycles. The fraction of sp³-hybridized carbons (Fsp3) is 0.400. The number of hydrogen-bond donors (Lipinski definition) is 2. The predicted molar refractivity (Wildman–Crippen MR) is 122 cm³/mol. The molecule has 0 aromatic heterocycles. The van der Waals surface area contributed by atoms with E-state index in [0.29, 0.717) is 24.5 Å². The number of carbonyl (C=O) groups excluding carboxylic acids is 3. The number of carbonyl (C=O) groups is 3. The van der Waals surface area contributed by atoms with E-state index in [-0.39, 0.29) is 18.4 Å². The number of aryl methyl sites for hydroxylation is 1. The molecule has 0 aliphatic heterocycles. The first-order valence-electron chi connectivity index (χ1n) is 10.9. The van der Waals surface area contributed by atoms with Gasteiger partial charge in [0.2, 0.25) is 0 Å². The lowest BCUT2D eigenvalue weighted by Gasteiger charge is -2.21. The Morgan fingerprint density at radius 2 is 1.66 bits per heavy atom. The van der Waals surface area contributed by atoms with Gasteiger partial charge in [-0.3, -0.25) is 9.59 Å². The van der Waals surface area contributed by atoms with Crippen molar-refractivity contribution in [2.75, 3.05) is 19.8 Å². The van der Waals surface area contributed by atoms with Crippen LogP contribution in [-0.4, -0.2) is 43.6 Å². The van der Waals surface area contributed by atoms with Crippen molar-refractivity contribution >= 4 is 17.8 Å². The van der Waals surface area contributed by atoms with Crippen LogP contribution in [0.15, 0.2) is 54.6 Å². The quantitative estimate of drug-likeness (QED) is 0.391. The molecule has 32 heavy (non-hydrogen) atoms. The highest BCUT2D eigenvalue weighted by atomic mass is 16.5. The highest BCUT2D eigenvalue weighted by molar-refractivity contribution is 5.97. The lowest BCUT2D eigenvalue weighted by Crippen LogP contribution is -2.46. The van der Waals surface area contributed by atoms with Crippen LogP contribution in [0.2, 0.25) is 0 Å². The SMILES string of the molecule is CCOc1ccc(C(=O)NC(C(=O)OCC(=O)NCCCc2ccccc2)C(C)C)cc1. The molecule has 1 atom stereocenters. The van der Waals surface area contributed by atoms with Crippen molar-refractivity contribution in [2.24, 2.45) is 5.92 Å². The molecule has 0 radical (unpaired) electrons. The van der Waals surface area contributed by atoms with Crippen molar-refractivity contribution in [3.05, 3.63) is 65.7 Å². The third-order valence-corrected chi connectivity index (χ3v) is 4.79. The lowest BCUT2D eigenvalue weighted by atomic mass is 10.0. The Balaban J connectivity index is 1.76. The molecule has 0 aliphatic rings. The molecule has 2 aromatic rings. The number of amides is 2. The summed E-state index contributed by atoms with van der Waals surface area (Å²) in [6.45, 7) is 6.12. The van der Waals surface area contributed by atoms with E-state index in [2.05, 4.69) is 10.6 Å². The summed E-state index contributed by atoms with van der Waals surface area (Å²) in [5.74, 6) is -0.943. The maximum Gasteiger partial charge on any atom is 0.329 e. The molecule has 2 N–H and O–H groups in total. The van der Waals surface area contributed by atoms with E-state index in [0.717, 1.165) is 12.8 Å². The van der Waals surface area contributed by atoms with Crippen LogP contribution in [0.25, 0.3) is 0 Å². The van der Waals surface area contributed by atoms with Gasteiger partial charge >= 0.3 is 5.97 Å². The third-order valence-electron chi connectivity index (χ3n) is 4.79. The molecular formula is C25H32N2O5. The number of rotatable bonds is 12. The van der Waals surface area contributed by atoms with Gasteiger partial charge in [-0.2, -0.15) is 0 Å². The molecule has 0 saturated carbocycles. The molecule has 0 heterocycles. The second-order valence-electron chi connectivity index (χ2n) is 7.70. The maximum absolute atomic E-state index is 12.5. The van der Waals surface area contributed by atoms with Gasteiger partial charge in [0.05, 0.1) is 6.61 Å². The first-order valence-corrected chi connectivity index (χ1v) is 10.9. The van der Waals surface area contributed by atoms with Gasteiger partial charge in [0.25, 0.3) is 11.8 Å². The summed E-state index contributed by atoms with van der Waals surface area (Å²) in [5, 5.41) is 5.44. The van der Waals surface area contributed by atoms with Crippen molar-refractivity contribution < 1.29 is 23.9 Å². The summed E-state index contributed by atoms with van der Waals surface area (Å²) < 4.78 is 10.5. The molecule has 2 amide bonds. The van der Waals surface area contributed by atoms with E-state index in [4.69, 9.17) is 9.47 Å². The van der Waals surface area contributed by atoms with Crippen molar-refractivity contribution in [1.29, 1.82) is 0 Å². The second-order valence-corrected chi connectivity index (χ2v) is 7.70. The highest BCUT2D eigenvalue weighted by Crippen LogP contribution is 2.13. The van der Waals surface area contributed by atoms with Crippen LogP contribution < -0.4 is 15.4 Å². The Bertz CT molecular complexity index is 866. The third kappa shape index (κ3) is 8.41. The van der Waals surface area contributed by atoms with Crippen molar-refractivity contribution in [3.63, 3.8) is 0 Å². The van der Waals surface area contributed by atoms with Gasteiger partial charge in [-0.1, -0.05) is 44.2 Å². The molecule has 0 spiro atoms. The minimum atomic E-state index is -0.861. The van der Waals surface area contributed by atoms with E-state index < -0.39 is 17.9 Å². The van der Waals surface area contributed by atoms with E-state index in [1.165, 1.54) is 5.56 Å². The smallest absolute Gasteiger partial charge is 0.329 e. The lowest BCUT2D eigenvalue weighted by molar-refractivity contribution is -0.151. The van der Waals surface area contributed by atoms with E-state index in [1.54, 1.807) is 38.1 Å². The van der Waals surface area contributed by atoms with Crippen LogP contribution in [0.4, 0.5) is 0 Å². The van der Waals surface area contributed by atoms with Gasteiger partial charge in [0, 0.05) is 12.1 Å². The zero-order valence-electron chi connectivity index (χ0n) is 18.9.